The highest BCUT2D eigenvalue weighted by atomic mass is 19.3. The molecule has 1 saturated carbocycles. The maximum atomic E-state index is 12.0. The molecule has 1 heterocycles. The summed E-state index contributed by atoms with van der Waals surface area (Å²) < 4.78 is 17.8. The number of hydrogen-bond acceptors (Lipinski definition) is 4. The van der Waals surface area contributed by atoms with Crippen molar-refractivity contribution in [2.45, 2.75) is 39.0 Å². The molecule has 0 bridgehead atoms. The van der Waals surface area contributed by atoms with E-state index in [9.17, 15) is 9.32 Å². The normalized spacial score (nSPS) is 24.6. The van der Waals surface area contributed by atoms with Gasteiger partial charge in [-0.3, -0.25) is 4.94 Å². The van der Waals surface area contributed by atoms with E-state index in [0.717, 1.165) is 23.5 Å². The van der Waals surface area contributed by atoms with Crippen LogP contribution in [0.1, 0.15) is 44.6 Å². The number of carbonyl (C=O) groups excluding carboxylic acids is 1. The molecule has 1 N–H and O–H groups in total. The molecule has 1 fully saturated rings. The fourth-order valence-corrected chi connectivity index (χ4v) is 4.66. The van der Waals surface area contributed by atoms with Crippen LogP contribution in [0.25, 0.3) is 12.2 Å². The summed E-state index contributed by atoms with van der Waals surface area (Å²) in [5, 5.41) is 1.83. The third-order valence-corrected chi connectivity index (χ3v) is 6.79. The Morgan fingerprint density at radius 3 is 2.82 bits per heavy atom. The van der Waals surface area contributed by atoms with Crippen LogP contribution in [0.2, 0.25) is 0 Å². The first-order valence-electron chi connectivity index (χ1n) is 11.6. The van der Waals surface area contributed by atoms with Gasteiger partial charge in [0.15, 0.2) is 0 Å². The third-order valence-electron chi connectivity index (χ3n) is 6.79. The molecule has 0 amide bonds. The van der Waals surface area contributed by atoms with Crippen LogP contribution in [0.15, 0.2) is 54.6 Å². The first-order chi connectivity index (χ1) is 16.0. The maximum absolute atomic E-state index is 12.0. The average Bonchev–Trinajstić information content (AvgIpc) is 3.52. The van der Waals surface area contributed by atoms with E-state index in [4.69, 9.17) is 4.74 Å². The first-order valence-corrected chi connectivity index (χ1v) is 11.6. The summed E-state index contributed by atoms with van der Waals surface area (Å²) >= 11 is 0. The van der Waals surface area contributed by atoms with Crippen LogP contribution in [0.4, 0.5) is 4.53 Å². The van der Waals surface area contributed by atoms with E-state index in [1.165, 1.54) is 11.1 Å². The molecule has 33 heavy (non-hydrogen) atoms. The Labute approximate surface area is 193 Å². The monoisotopic (exact) mass is 450 g/mol. The zero-order chi connectivity index (χ0) is 23.4. The average molecular weight is 451 g/mol. The molecule has 0 spiro atoms. The SMILES string of the molecule is C=CC(C/C=C(\CC)C1C=c2nc(OCC3CC3C(=O)OF)[nH]c2=CC1C)c1ccccc1. The van der Waals surface area contributed by atoms with Gasteiger partial charge in [-0.2, -0.15) is 4.98 Å². The first kappa shape index (κ1) is 23.0. The molecule has 174 valence electrons. The van der Waals surface area contributed by atoms with Crippen molar-refractivity contribution in [1.29, 1.82) is 0 Å². The van der Waals surface area contributed by atoms with Gasteiger partial charge in [0.25, 0.3) is 6.01 Å². The standard InChI is InChI=1S/C27H31FN2O3/c1-4-18(20-9-7-6-8-10-20)11-12-19(5-2)22-15-25-24(13-17(22)3)29-27(30-25)32-16-21-14-23(21)26(31)33-28/h4,6-10,12-13,15,17-18,21-23H,1,5,11,14,16H2,2-3H3,(H,29,30)/b19-12+. The number of nitrogens with one attached hydrogen (secondary N) is 1. The number of allylic oxidation sites excluding steroid dienone is 3. The third kappa shape index (κ3) is 5.27. The number of ether oxygens (including phenoxy) is 1. The number of hydrogen-bond donors (Lipinski definition) is 1. The number of imidazole rings is 1. The second-order valence-corrected chi connectivity index (χ2v) is 8.99. The molecule has 1 aromatic carbocycles. The second-order valence-electron chi connectivity index (χ2n) is 8.99. The van der Waals surface area contributed by atoms with Crippen LogP contribution >= 0.6 is 0 Å². The minimum Gasteiger partial charge on any atom is -0.464 e. The van der Waals surface area contributed by atoms with Crippen molar-refractivity contribution in [2.24, 2.45) is 23.7 Å². The van der Waals surface area contributed by atoms with Gasteiger partial charge in [-0.15, -0.1) is 6.58 Å². The molecule has 5 unspecified atom stereocenters. The number of carbonyl (C=O) groups is 1. The van der Waals surface area contributed by atoms with Crippen LogP contribution in [0.5, 0.6) is 6.01 Å². The van der Waals surface area contributed by atoms with Gasteiger partial charge in [0, 0.05) is 22.3 Å². The predicted octanol–water partition coefficient (Wildman–Crippen LogP) is 4.38. The summed E-state index contributed by atoms with van der Waals surface area (Å²) in [5.74, 6) is -0.361. The Balaban J connectivity index is 1.46. The number of benzene rings is 1. The van der Waals surface area contributed by atoms with E-state index in [1.54, 1.807) is 0 Å². The number of H-pyrrole nitrogens is 1. The number of halogens is 1. The van der Waals surface area contributed by atoms with Gasteiger partial charge >= 0.3 is 5.97 Å². The van der Waals surface area contributed by atoms with Crippen molar-refractivity contribution in [3.8, 4) is 6.01 Å². The van der Waals surface area contributed by atoms with Crippen molar-refractivity contribution in [2.75, 3.05) is 6.61 Å². The van der Waals surface area contributed by atoms with Gasteiger partial charge in [0.05, 0.1) is 23.2 Å². The van der Waals surface area contributed by atoms with Crippen molar-refractivity contribution in [3.05, 3.63) is 70.9 Å². The molecule has 0 radical (unpaired) electrons. The lowest BCUT2D eigenvalue weighted by molar-refractivity contribution is -0.185. The van der Waals surface area contributed by atoms with Crippen molar-refractivity contribution in [3.63, 3.8) is 0 Å². The summed E-state index contributed by atoms with van der Waals surface area (Å²) in [6.07, 6.45) is 11.3. The van der Waals surface area contributed by atoms with Gasteiger partial charge in [0.1, 0.15) is 0 Å². The summed E-state index contributed by atoms with van der Waals surface area (Å²) in [7, 11) is 0. The molecule has 5 nitrogen and oxygen atoms in total. The lowest BCUT2D eigenvalue weighted by atomic mass is 9.81. The molecule has 6 heteroatoms. The van der Waals surface area contributed by atoms with Gasteiger partial charge in [-0.1, -0.05) is 68.0 Å². The van der Waals surface area contributed by atoms with E-state index in [1.807, 2.05) is 12.1 Å². The molecule has 0 aliphatic heterocycles. The smallest absolute Gasteiger partial charge is 0.352 e. The lowest BCUT2D eigenvalue weighted by Gasteiger charge is -2.23. The van der Waals surface area contributed by atoms with Crippen LogP contribution < -0.4 is 15.4 Å². The van der Waals surface area contributed by atoms with E-state index in [0.29, 0.717) is 25.0 Å². The summed E-state index contributed by atoms with van der Waals surface area (Å²) in [4.78, 5) is 22.3. The molecule has 5 atom stereocenters. The lowest BCUT2D eigenvalue weighted by Crippen LogP contribution is -2.33. The van der Waals surface area contributed by atoms with E-state index < -0.39 is 11.9 Å². The zero-order valence-electron chi connectivity index (χ0n) is 19.2. The van der Waals surface area contributed by atoms with Crippen LogP contribution in [0, 0.1) is 23.7 Å². The molecule has 2 aliphatic rings. The van der Waals surface area contributed by atoms with Crippen molar-refractivity contribution in [1.82, 2.24) is 9.97 Å². The summed E-state index contributed by atoms with van der Waals surface area (Å²) in [6, 6.07) is 10.9. The zero-order valence-corrected chi connectivity index (χ0v) is 19.2. The highest BCUT2D eigenvalue weighted by Crippen LogP contribution is 2.39. The van der Waals surface area contributed by atoms with Gasteiger partial charge in [-0.05, 0) is 36.8 Å². The largest absolute Gasteiger partial charge is 0.464 e. The number of nitrogens with zero attached hydrogens (tertiary/aromatic N) is 1. The summed E-state index contributed by atoms with van der Waals surface area (Å²) in [6.45, 7) is 8.76. The maximum Gasteiger partial charge on any atom is 0.352 e. The number of fused-ring (bicyclic) bond motifs is 1. The Morgan fingerprint density at radius 2 is 2.12 bits per heavy atom. The second kappa shape index (κ2) is 10.2. The Hall–Kier alpha value is -3.15. The van der Waals surface area contributed by atoms with Crippen molar-refractivity contribution >= 4 is 18.1 Å². The molecule has 2 aromatic rings. The Morgan fingerprint density at radius 1 is 1.33 bits per heavy atom. The highest BCUT2D eigenvalue weighted by molar-refractivity contribution is 5.75. The Kier molecular flexibility index (Phi) is 7.11. The molecule has 2 aliphatic carbocycles. The topological polar surface area (TPSA) is 64.2 Å². The molecular weight excluding hydrogens is 419 g/mol. The predicted molar refractivity (Wildman–Crippen MR) is 126 cm³/mol. The number of aromatic nitrogens is 2. The van der Waals surface area contributed by atoms with E-state index in [-0.39, 0.29) is 17.8 Å². The molecule has 1 aromatic heterocycles. The van der Waals surface area contributed by atoms with Gasteiger partial charge in [0.2, 0.25) is 0 Å². The number of rotatable bonds is 10. The fourth-order valence-electron chi connectivity index (χ4n) is 4.66. The van der Waals surface area contributed by atoms with E-state index in [2.05, 4.69) is 77.8 Å². The summed E-state index contributed by atoms with van der Waals surface area (Å²) in [5.41, 5.74) is 2.67. The quantitative estimate of drug-likeness (QED) is 0.546. The van der Waals surface area contributed by atoms with Crippen molar-refractivity contribution < 1.29 is 19.0 Å². The van der Waals surface area contributed by atoms with Gasteiger partial charge < -0.3 is 9.72 Å². The molecular formula is C27H31FN2O3. The van der Waals surface area contributed by atoms with Crippen LogP contribution in [-0.2, 0) is 9.74 Å². The molecule has 0 saturated heterocycles. The minimum atomic E-state index is -0.814. The number of aromatic amines is 1. The van der Waals surface area contributed by atoms with Crippen LogP contribution in [0.3, 0.4) is 0 Å². The fraction of sp³-hybridized carbons (Fsp3) is 0.407. The molecule has 4 rings (SSSR count). The van der Waals surface area contributed by atoms with E-state index >= 15 is 0 Å². The van der Waals surface area contributed by atoms with Gasteiger partial charge in [-0.25, -0.2) is 4.79 Å². The van der Waals surface area contributed by atoms with Crippen LogP contribution in [-0.4, -0.2) is 22.5 Å². The highest BCUT2D eigenvalue weighted by Gasteiger charge is 2.45. The minimum absolute atomic E-state index is 0.0212. The Bertz CT molecular complexity index is 1140.